The fourth-order valence-electron chi connectivity index (χ4n) is 3.93. The minimum Gasteiger partial charge on any atom is -0.325 e. The van der Waals surface area contributed by atoms with E-state index in [4.69, 9.17) is 0 Å². The van der Waals surface area contributed by atoms with Gasteiger partial charge in [-0.1, -0.05) is 42.5 Å². The fraction of sp³-hybridized carbons (Fsp3) is 0.0938. The van der Waals surface area contributed by atoms with E-state index in [0.717, 1.165) is 0 Å². The molecule has 4 aromatic carbocycles. The number of halogens is 1. The highest BCUT2D eigenvalue weighted by Gasteiger charge is 2.19. The lowest BCUT2D eigenvalue weighted by Crippen LogP contribution is -2.30. The summed E-state index contributed by atoms with van der Waals surface area (Å²) in [5.41, 5.74) is 1.63. The van der Waals surface area contributed by atoms with Crippen LogP contribution in [0.4, 0.5) is 21.5 Å². The molecule has 0 fully saturated rings. The molecule has 11 heteroatoms. The van der Waals surface area contributed by atoms with Gasteiger partial charge in [-0.15, -0.1) is 11.8 Å². The van der Waals surface area contributed by atoms with E-state index < -0.39 is 27.8 Å². The van der Waals surface area contributed by atoms with Gasteiger partial charge < -0.3 is 16.0 Å². The van der Waals surface area contributed by atoms with Gasteiger partial charge in [-0.05, 0) is 68.0 Å². The molecule has 43 heavy (non-hydrogen) atoms. The molecule has 0 aliphatic heterocycles. The zero-order valence-electron chi connectivity index (χ0n) is 23.2. The van der Waals surface area contributed by atoms with Crippen LogP contribution < -0.4 is 16.0 Å². The van der Waals surface area contributed by atoms with Crippen LogP contribution in [0.3, 0.4) is 0 Å². The highest BCUT2D eigenvalue weighted by Crippen LogP contribution is 2.28. The fourth-order valence-corrected chi connectivity index (χ4v) is 4.86. The van der Waals surface area contributed by atoms with E-state index in [2.05, 4.69) is 16.0 Å². The van der Waals surface area contributed by atoms with Crippen LogP contribution in [0.25, 0.3) is 6.08 Å². The van der Waals surface area contributed by atoms with Crippen molar-refractivity contribution in [3.05, 3.63) is 135 Å². The molecule has 3 N–H and O–H groups in total. The Hall–Kier alpha value is -5.29. The predicted octanol–water partition coefficient (Wildman–Crippen LogP) is 6.57. The highest BCUT2D eigenvalue weighted by atomic mass is 32.2. The maximum absolute atomic E-state index is 14.4. The highest BCUT2D eigenvalue weighted by molar-refractivity contribution is 8.00. The van der Waals surface area contributed by atoms with Crippen LogP contribution in [0.5, 0.6) is 0 Å². The molecule has 3 amide bonds. The molecule has 1 atom stereocenters. The maximum atomic E-state index is 14.4. The predicted molar refractivity (Wildman–Crippen MR) is 165 cm³/mol. The van der Waals surface area contributed by atoms with Crippen molar-refractivity contribution in [1.29, 1.82) is 0 Å². The van der Waals surface area contributed by atoms with Gasteiger partial charge in [-0.25, -0.2) is 4.39 Å². The van der Waals surface area contributed by atoms with Crippen molar-refractivity contribution in [2.75, 3.05) is 10.6 Å². The Bertz CT molecular complexity index is 1710. The molecule has 0 radical (unpaired) electrons. The number of aryl methyl sites for hydroxylation is 1. The molecule has 0 saturated heterocycles. The number of nitro benzene ring substituents is 1. The molecule has 4 aromatic rings. The molecule has 9 nitrogen and oxygen atoms in total. The Kier molecular flexibility index (Phi) is 10.0. The lowest BCUT2D eigenvalue weighted by molar-refractivity contribution is -0.384. The number of hydrogen-bond donors (Lipinski definition) is 3. The lowest BCUT2D eigenvalue weighted by atomic mass is 10.1. The smallest absolute Gasteiger partial charge is 0.272 e. The number of non-ortho nitro benzene ring substituents is 1. The monoisotopic (exact) mass is 598 g/mol. The van der Waals surface area contributed by atoms with Crippen molar-refractivity contribution in [3.63, 3.8) is 0 Å². The first kappa shape index (κ1) is 30.7. The Balaban J connectivity index is 1.47. The molecule has 0 aliphatic rings. The molecule has 0 aliphatic carbocycles. The summed E-state index contributed by atoms with van der Waals surface area (Å²) >= 11 is 1.24. The van der Waals surface area contributed by atoms with Gasteiger partial charge in [-0.3, -0.25) is 24.5 Å². The van der Waals surface area contributed by atoms with Crippen molar-refractivity contribution >= 4 is 52.6 Å². The van der Waals surface area contributed by atoms with Crippen molar-refractivity contribution in [1.82, 2.24) is 5.32 Å². The first-order valence-corrected chi connectivity index (χ1v) is 14.0. The average molecular weight is 599 g/mol. The number of nitro groups is 1. The van der Waals surface area contributed by atoms with Crippen LogP contribution in [-0.2, 0) is 9.59 Å². The summed E-state index contributed by atoms with van der Waals surface area (Å²) in [6.45, 7) is 3.38. The number of amides is 3. The second kappa shape index (κ2) is 14.1. The number of anilines is 2. The van der Waals surface area contributed by atoms with Gasteiger partial charge in [0.2, 0.25) is 5.91 Å². The molecule has 0 bridgehead atoms. The topological polar surface area (TPSA) is 130 Å². The Morgan fingerprint density at radius 1 is 0.907 bits per heavy atom. The average Bonchev–Trinajstić information content (AvgIpc) is 2.99. The third-order valence-corrected chi connectivity index (χ3v) is 7.28. The number of hydrogen-bond acceptors (Lipinski definition) is 6. The number of carbonyl (C=O) groups is 3. The van der Waals surface area contributed by atoms with Crippen LogP contribution in [0.15, 0.2) is 108 Å². The van der Waals surface area contributed by atoms with Gasteiger partial charge in [0.05, 0.1) is 10.2 Å². The van der Waals surface area contributed by atoms with Crippen LogP contribution in [-0.4, -0.2) is 27.9 Å². The van der Waals surface area contributed by atoms with Crippen molar-refractivity contribution < 1.29 is 23.7 Å². The maximum Gasteiger partial charge on any atom is 0.272 e. The van der Waals surface area contributed by atoms with Gasteiger partial charge >= 0.3 is 0 Å². The normalized spacial score (nSPS) is 11.7. The molecule has 0 spiro atoms. The van der Waals surface area contributed by atoms with E-state index in [0.29, 0.717) is 27.4 Å². The van der Waals surface area contributed by atoms with Crippen LogP contribution in [0.2, 0.25) is 0 Å². The Labute approximate surface area is 251 Å². The molecule has 4 rings (SSSR count). The first-order chi connectivity index (χ1) is 20.6. The Morgan fingerprint density at radius 3 is 2.33 bits per heavy atom. The summed E-state index contributed by atoms with van der Waals surface area (Å²) in [6, 6.07) is 25.2. The summed E-state index contributed by atoms with van der Waals surface area (Å²) in [4.78, 5) is 50.1. The molecular weight excluding hydrogens is 571 g/mol. The number of nitrogens with zero attached hydrogens (tertiary/aromatic N) is 1. The molecule has 218 valence electrons. The molecule has 0 heterocycles. The number of nitrogens with one attached hydrogen (secondary N) is 3. The van der Waals surface area contributed by atoms with E-state index in [9.17, 15) is 28.9 Å². The summed E-state index contributed by atoms with van der Waals surface area (Å²) < 4.78 is 14.4. The lowest BCUT2D eigenvalue weighted by Gasteiger charge is -2.15. The van der Waals surface area contributed by atoms with E-state index in [1.54, 1.807) is 74.5 Å². The summed E-state index contributed by atoms with van der Waals surface area (Å²) in [5.74, 6) is -2.08. The van der Waals surface area contributed by atoms with Gasteiger partial charge in [0, 0.05) is 39.5 Å². The number of benzene rings is 4. The molecule has 0 saturated carbocycles. The first-order valence-electron chi connectivity index (χ1n) is 13.1. The third kappa shape index (κ3) is 8.37. The summed E-state index contributed by atoms with van der Waals surface area (Å²) in [6.07, 6.45) is 1.26. The third-order valence-electron chi connectivity index (χ3n) is 6.19. The van der Waals surface area contributed by atoms with Gasteiger partial charge in [0.25, 0.3) is 17.5 Å². The second-order valence-corrected chi connectivity index (χ2v) is 10.8. The van der Waals surface area contributed by atoms with Gasteiger partial charge in [0.1, 0.15) is 11.5 Å². The minimum absolute atomic E-state index is 0.0664. The zero-order chi connectivity index (χ0) is 30.9. The van der Waals surface area contributed by atoms with Crippen LogP contribution in [0, 0.1) is 22.9 Å². The largest absolute Gasteiger partial charge is 0.325 e. The van der Waals surface area contributed by atoms with Crippen LogP contribution in [0.1, 0.15) is 28.4 Å². The van der Waals surface area contributed by atoms with E-state index >= 15 is 0 Å². The molecule has 1 unspecified atom stereocenters. The van der Waals surface area contributed by atoms with Crippen molar-refractivity contribution in [2.45, 2.75) is 24.0 Å². The van der Waals surface area contributed by atoms with Crippen molar-refractivity contribution in [2.24, 2.45) is 0 Å². The number of thioether (sulfide) groups is 1. The summed E-state index contributed by atoms with van der Waals surface area (Å²) in [5, 5.41) is 18.5. The van der Waals surface area contributed by atoms with E-state index in [-0.39, 0.29) is 22.9 Å². The standard InChI is InChI=1S/C32H27FN4O5S/c1-20-17-25(37(41)42)15-16-28(20)35-30(38)21(2)43-26-13-8-12-24(19-26)34-32(40)29(18-23-11-6-7-14-27(23)33)36-31(39)22-9-4-3-5-10-22/h3-19,21H,1-2H3,(H,34,40)(H,35,38)(H,36,39)/b29-18-. The Morgan fingerprint density at radius 2 is 1.63 bits per heavy atom. The van der Waals surface area contributed by atoms with Crippen LogP contribution >= 0.6 is 11.8 Å². The minimum atomic E-state index is -0.672. The SMILES string of the molecule is Cc1cc([N+](=O)[O-])ccc1NC(=O)C(C)Sc1cccc(NC(=O)/C(=C/c2ccccc2F)NC(=O)c2ccccc2)c1. The van der Waals surface area contributed by atoms with E-state index in [1.165, 1.54) is 54.2 Å². The molecule has 0 aromatic heterocycles. The second-order valence-electron chi connectivity index (χ2n) is 9.39. The van der Waals surface area contributed by atoms with Crippen molar-refractivity contribution in [3.8, 4) is 0 Å². The quantitative estimate of drug-likeness (QED) is 0.0819. The van der Waals surface area contributed by atoms with Gasteiger partial charge in [0.15, 0.2) is 0 Å². The number of carbonyl (C=O) groups excluding carboxylic acids is 3. The van der Waals surface area contributed by atoms with E-state index in [1.807, 2.05) is 0 Å². The summed E-state index contributed by atoms with van der Waals surface area (Å²) in [7, 11) is 0. The van der Waals surface area contributed by atoms with Gasteiger partial charge in [-0.2, -0.15) is 0 Å². The molecular formula is C32H27FN4O5S. The zero-order valence-corrected chi connectivity index (χ0v) is 24.0. The number of rotatable bonds is 10.